The summed E-state index contributed by atoms with van der Waals surface area (Å²) < 4.78 is 38.9. The van der Waals surface area contributed by atoms with Crippen molar-refractivity contribution in [3.63, 3.8) is 0 Å². The minimum absolute atomic E-state index is 0.143. The molecule has 0 aromatic heterocycles. The number of nitrogens with zero attached hydrogens (tertiary/aromatic N) is 1. The molecule has 0 unspecified atom stereocenters. The predicted molar refractivity (Wildman–Crippen MR) is 128 cm³/mol. The smallest absolute Gasteiger partial charge is 0.264 e. The average Bonchev–Trinajstić information content (AvgIpc) is 2.83. The number of hydrogen-bond acceptors (Lipinski definition) is 5. The maximum atomic E-state index is 13.4. The number of methoxy groups -OCH3 is 1. The molecular weight excluding hydrogens is 440 g/mol. The van der Waals surface area contributed by atoms with Crippen LogP contribution in [0, 0.1) is 6.92 Å². The highest BCUT2D eigenvalue weighted by Crippen LogP contribution is 2.34. The minimum Gasteiger partial charge on any atom is -0.497 e. The van der Waals surface area contributed by atoms with Gasteiger partial charge in [0, 0.05) is 12.2 Å². The van der Waals surface area contributed by atoms with Gasteiger partial charge in [-0.3, -0.25) is 9.10 Å². The molecular formula is C25H26N2O5S. The number of sulfonamides is 1. The second kappa shape index (κ2) is 9.54. The fraction of sp³-hybridized carbons (Fsp3) is 0.240. The first kappa shape index (κ1) is 22.7. The van der Waals surface area contributed by atoms with Crippen molar-refractivity contribution in [3.8, 4) is 11.5 Å². The van der Waals surface area contributed by atoms with Crippen LogP contribution in [-0.4, -0.2) is 34.6 Å². The molecule has 1 amide bonds. The third-order valence-electron chi connectivity index (χ3n) is 5.54. The molecule has 8 heteroatoms. The van der Waals surface area contributed by atoms with Crippen molar-refractivity contribution in [1.29, 1.82) is 0 Å². The Balaban J connectivity index is 1.53. The van der Waals surface area contributed by atoms with Crippen molar-refractivity contribution in [3.05, 3.63) is 77.9 Å². The van der Waals surface area contributed by atoms with E-state index in [4.69, 9.17) is 9.47 Å². The van der Waals surface area contributed by atoms with Crippen LogP contribution in [0.4, 0.5) is 11.4 Å². The normalized spacial score (nSPS) is 13.2. The molecule has 0 fully saturated rings. The van der Waals surface area contributed by atoms with Crippen LogP contribution in [-0.2, 0) is 21.2 Å². The molecule has 3 aromatic rings. The number of carbonyl (C=O) groups excluding carboxylic acids is 1. The van der Waals surface area contributed by atoms with Crippen LogP contribution in [0.1, 0.15) is 17.5 Å². The third kappa shape index (κ3) is 4.96. The zero-order chi connectivity index (χ0) is 23.4. The summed E-state index contributed by atoms with van der Waals surface area (Å²) in [5, 5.41) is 2.81. The molecule has 0 bridgehead atoms. The lowest BCUT2D eigenvalue weighted by molar-refractivity contribution is -0.118. The Morgan fingerprint density at radius 3 is 2.55 bits per heavy atom. The van der Waals surface area contributed by atoms with Gasteiger partial charge in [-0.1, -0.05) is 24.3 Å². The molecule has 33 heavy (non-hydrogen) atoms. The Morgan fingerprint density at radius 2 is 1.82 bits per heavy atom. The number of rotatable bonds is 7. The molecule has 1 aliphatic heterocycles. The van der Waals surface area contributed by atoms with Gasteiger partial charge in [0.1, 0.15) is 11.5 Å². The second-order valence-electron chi connectivity index (χ2n) is 7.80. The van der Waals surface area contributed by atoms with Crippen molar-refractivity contribution >= 4 is 27.3 Å². The zero-order valence-electron chi connectivity index (χ0n) is 18.6. The summed E-state index contributed by atoms with van der Waals surface area (Å²) >= 11 is 0. The number of amides is 1. The quantitative estimate of drug-likeness (QED) is 0.565. The standard InChI is InChI=1S/C25H26N2O5S/c1-18-6-3-4-8-24(18)32-17-25(28)26-20-10-9-19-7-5-15-27(23(19)16-20)33(29,30)22-13-11-21(31-2)12-14-22/h3-4,6,8-14,16H,5,7,15,17H2,1-2H3,(H,26,28). The van der Waals surface area contributed by atoms with Gasteiger partial charge in [0.2, 0.25) is 0 Å². The van der Waals surface area contributed by atoms with Gasteiger partial charge in [-0.2, -0.15) is 0 Å². The van der Waals surface area contributed by atoms with Gasteiger partial charge >= 0.3 is 0 Å². The van der Waals surface area contributed by atoms with Crippen molar-refractivity contribution < 1.29 is 22.7 Å². The number of aryl methyl sites for hydroxylation is 2. The molecule has 4 rings (SSSR count). The van der Waals surface area contributed by atoms with Crippen LogP contribution in [0.5, 0.6) is 11.5 Å². The lowest BCUT2D eigenvalue weighted by Gasteiger charge is -2.31. The molecule has 0 saturated heterocycles. The molecule has 172 valence electrons. The topological polar surface area (TPSA) is 84.9 Å². The van der Waals surface area contributed by atoms with E-state index < -0.39 is 10.0 Å². The van der Waals surface area contributed by atoms with Gasteiger partial charge in [-0.15, -0.1) is 0 Å². The highest BCUT2D eigenvalue weighted by Gasteiger charge is 2.29. The lowest BCUT2D eigenvalue weighted by atomic mass is 10.0. The predicted octanol–water partition coefficient (Wildman–Crippen LogP) is 4.16. The summed E-state index contributed by atoms with van der Waals surface area (Å²) in [4.78, 5) is 12.6. The molecule has 0 spiro atoms. The van der Waals surface area contributed by atoms with Crippen molar-refractivity contribution in [2.24, 2.45) is 0 Å². The van der Waals surface area contributed by atoms with E-state index >= 15 is 0 Å². The van der Waals surface area contributed by atoms with E-state index in [2.05, 4.69) is 5.32 Å². The van der Waals surface area contributed by atoms with Gasteiger partial charge in [0.25, 0.3) is 15.9 Å². The Hall–Kier alpha value is -3.52. The highest BCUT2D eigenvalue weighted by molar-refractivity contribution is 7.92. The second-order valence-corrected chi connectivity index (χ2v) is 9.66. The van der Waals surface area contributed by atoms with E-state index in [1.165, 1.54) is 23.5 Å². The molecule has 0 saturated carbocycles. The van der Waals surface area contributed by atoms with Crippen molar-refractivity contribution in [2.75, 3.05) is 29.9 Å². The van der Waals surface area contributed by atoms with E-state index in [0.29, 0.717) is 29.4 Å². The summed E-state index contributed by atoms with van der Waals surface area (Å²) in [5.41, 5.74) is 2.96. The Morgan fingerprint density at radius 1 is 1.06 bits per heavy atom. The SMILES string of the molecule is COc1ccc(S(=O)(=O)N2CCCc3ccc(NC(=O)COc4ccccc4C)cc32)cc1. The zero-order valence-corrected chi connectivity index (χ0v) is 19.4. The minimum atomic E-state index is -3.76. The van der Waals surface area contributed by atoms with Gasteiger partial charge in [-0.05, 0) is 73.4 Å². The molecule has 1 N–H and O–H groups in total. The first-order valence-electron chi connectivity index (χ1n) is 10.7. The van der Waals surface area contributed by atoms with Crippen LogP contribution in [0.25, 0.3) is 0 Å². The molecule has 0 aliphatic carbocycles. The fourth-order valence-corrected chi connectivity index (χ4v) is 5.33. The molecule has 3 aromatic carbocycles. The molecule has 7 nitrogen and oxygen atoms in total. The van der Waals surface area contributed by atoms with Gasteiger partial charge in [-0.25, -0.2) is 8.42 Å². The number of ether oxygens (including phenoxy) is 2. The number of carbonyl (C=O) groups is 1. The monoisotopic (exact) mass is 466 g/mol. The van der Waals surface area contributed by atoms with E-state index in [1.54, 1.807) is 24.3 Å². The Labute approximate surface area is 194 Å². The fourth-order valence-electron chi connectivity index (χ4n) is 3.80. The third-order valence-corrected chi connectivity index (χ3v) is 7.37. The maximum Gasteiger partial charge on any atom is 0.264 e. The van der Waals surface area contributed by atoms with Gasteiger partial charge < -0.3 is 14.8 Å². The van der Waals surface area contributed by atoms with Crippen LogP contribution in [0.2, 0.25) is 0 Å². The molecule has 1 heterocycles. The molecule has 0 atom stereocenters. The number of nitrogens with one attached hydrogen (secondary N) is 1. The van der Waals surface area contributed by atoms with E-state index in [1.807, 2.05) is 37.3 Å². The first-order valence-corrected chi connectivity index (χ1v) is 12.1. The lowest BCUT2D eigenvalue weighted by Crippen LogP contribution is -2.35. The average molecular weight is 467 g/mol. The van der Waals surface area contributed by atoms with E-state index in [0.717, 1.165) is 24.0 Å². The number of fused-ring (bicyclic) bond motifs is 1. The van der Waals surface area contributed by atoms with Crippen LogP contribution >= 0.6 is 0 Å². The first-order chi connectivity index (χ1) is 15.9. The molecule has 1 aliphatic rings. The largest absolute Gasteiger partial charge is 0.497 e. The summed E-state index contributed by atoms with van der Waals surface area (Å²) in [7, 11) is -2.22. The Bertz CT molecular complexity index is 1260. The van der Waals surface area contributed by atoms with Crippen LogP contribution in [0.3, 0.4) is 0 Å². The van der Waals surface area contributed by atoms with Crippen LogP contribution in [0.15, 0.2) is 71.6 Å². The summed E-state index contributed by atoms with van der Waals surface area (Å²) in [5.74, 6) is 0.916. The molecule has 0 radical (unpaired) electrons. The highest BCUT2D eigenvalue weighted by atomic mass is 32.2. The Kier molecular flexibility index (Phi) is 6.55. The van der Waals surface area contributed by atoms with E-state index in [9.17, 15) is 13.2 Å². The van der Waals surface area contributed by atoms with Crippen molar-refractivity contribution in [2.45, 2.75) is 24.7 Å². The number of benzene rings is 3. The number of anilines is 2. The van der Waals surface area contributed by atoms with Crippen LogP contribution < -0.4 is 19.1 Å². The van der Waals surface area contributed by atoms with Gasteiger partial charge in [0.15, 0.2) is 6.61 Å². The number of para-hydroxylation sites is 1. The van der Waals surface area contributed by atoms with Crippen molar-refractivity contribution in [1.82, 2.24) is 0 Å². The van der Waals surface area contributed by atoms with Gasteiger partial charge in [0.05, 0.1) is 17.7 Å². The summed E-state index contributed by atoms with van der Waals surface area (Å²) in [6.07, 6.45) is 1.49. The summed E-state index contributed by atoms with van der Waals surface area (Å²) in [6, 6.07) is 19.2. The maximum absolute atomic E-state index is 13.4. The van der Waals surface area contributed by atoms with E-state index in [-0.39, 0.29) is 17.4 Å². The number of hydrogen-bond donors (Lipinski definition) is 1. The summed E-state index contributed by atoms with van der Waals surface area (Å²) in [6.45, 7) is 2.14.